The summed E-state index contributed by atoms with van der Waals surface area (Å²) in [5.74, 6) is 0.566. The highest BCUT2D eigenvalue weighted by Gasteiger charge is 2.30. The Hall–Kier alpha value is -1.56. The van der Waals surface area contributed by atoms with Gasteiger partial charge in [-0.3, -0.25) is 4.79 Å². The van der Waals surface area contributed by atoms with Crippen molar-refractivity contribution >= 4 is 29.1 Å². The van der Waals surface area contributed by atoms with Gasteiger partial charge in [-0.2, -0.15) is 0 Å². The van der Waals surface area contributed by atoms with Gasteiger partial charge in [0.25, 0.3) is 5.91 Å². The van der Waals surface area contributed by atoms with E-state index in [-0.39, 0.29) is 17.9 Å². The number of morpholine rings is 1. The first-order valence-electron chi connectivity index (χ1n) is 7.76. The molecule has 1 aromatic carbocycles. The van der Waals surface area contributed by atoms with Crippen LogP contribution in [0.2, 0.25) is 10.0 Å². The highest BCUT2D eigenvalue weighted by atomic mass is 35.5. The maximum Gasteiger partial charge on any atom is 0.276 e. The van der Waals surface area contributed by atoms with Gasteiger partial charge in [-0.1, -0.05) is 43.1 Å². The largest absolute Gasteiger partial charge is 0.447 e. The Morgan fingerprint density at radius 3 is 2.83 bits per heavy atom. The van der Waals surface area contributed by atoms with Crippen LogP contribution < -0.4 is 0 Å². The molecule has 1 fully saturated rings. The third kappa shape index (κ3) is 3.43. The fraction of sp³-hybridized carbons (Fsp3) is 0.412. The van der Waals surface area contributed by atoms with Crippen LogP contribution in [0.25, 0.3) is 0 Å². The molecule has 0 spiro atoms. The predicted octanol–water partition coefficient (Wildman–Crippen LogP) is 4.32. The number of nitrogens with zero attached hydrogens (tertiary/aromatic N) is 2. The first-order chi connectivity index (χ1) is 11.5. The normalized spacial score (nSPS) is 18.2. The smallest absolute Gasteiger partial charge is 0.276 e. The molecule has 0 bridgehead atoms. The van der Waals surface area contributed by atoms with Crippen molar-refractivity contribution in [2.45, 2.75) is 25.9 Å². The number of aromatic nitrogens is 1. The highest BCUT2D eigenvalue weighted by molar-refractivity contribution is 6.42. The summed E-state index contributed by atoms with van der Waals surface area (Å²) < 4.78 is 11.2. The molecule has 2 aromatic rings. The Bertz CT molecular complexity index is 745. The molecule has 1 atom stereocenters. The zero-order chi connectivity index (χ0) is 17.3. The summed E-state index contributed by atoms with van der Waals surface area (Å²) >= 11 is 12.0. The number of ether oxygens (including phenoxy) is 1. The van der Waals surface area contributed by atoms with E-state index >= 15 is 0 Å². The zero-order valence-corrected chi connectivity index (χ0v) is 15.0. The average Bonchev–Trinajstić information content (AvgIpc) is 3.07. The number of carbonyl (C=O) groups excluding carboxylic acids is 1. The minimum absolute atomic E-state index is 0.0957. The lowest BCUT2D eigenvalue weighted by Gasteiger charge is -2.33. The second kappa shape index (κ2) is 7.13. The van der Waals surface area contributed by atoms with Crippen molar-refractivity contribution < 1.29 is 13.9 Å². The summed E-state index contributed by atoms with van der Waals surface area (Å²) in [4.78, 5) is 18.6. The Morgan fingerprint density at radius 2 is 2.12 bits per heavy atom. The van der Waals surface area contributed by atoms with Gasteiger partial charge in [0.05, 0.1) is 23.2 Å². The Balaban J connectivity index is 1.79. The van der Waals surface area contributed by atoms with Crippen molar-refractivity contribution in [2.75, 3.05) is 19.7 Å². The van der Waals surface area contributed by atoms with Crippen LogP contribution in [-0.4, -0.2) is 35.5 Å². The molecule has 24 heavy (non-hydrogen) atoms. The molecule has 7 heteroatoms. The molecule has 0 aliphatic carbocycles. The van der Waals surface area contributed by atoms with E-state index in [1.165, 1.54) is 6.39 Å². The number of rotatable bonds is 3. The molecule has 5 nitrogen and oxygen atoms in total. The van der Waals surface area contributed by atoms with Gasteiger partial charge < -0.3 is 14.1 Å². The number of carbonyl (C=O) groups is 1. The van der Waals surface area contributed by atoms with Crippen LogP contribution in [0.15, 0.2) is 29.0 Å². The SMILES string of the molecule is CC(C)c1ocnc1C(=O)N1CCOC(c2ccc(Cl)c(Cl)c2)C1. The summed E-state index contributed by atoms with van der Waals surface area (Å²) in [5, 5.41) is 0.966. The second-order valence-electron chi connectivity index (χ2n) is 6.00. The number of halogens is 2. The molecule has 0 radical (unpaired) electrons. The second-order valence-corrected chi connectivity index (χ2v) is 6.82. The van der Waals surface area contributed by atoms with E-state index in [1.807, 2.05) is 19.9 Å². The number of hydrogen-bond acceptors (Lipinski definition) is 4. The van der Waals surface area contributed by atoms with Crippen molar-refractivity contribution in [1.82, 2.24) is 9.88 Å². The molecule has 1 aliphatic rings. The number of oxazole rings is 1. The first kappa shape index (κ1) is 17.3. The lowest BCUT2D eigenvalue weighted by atomic mass is 10.1. The summed E-state index contributed by atoms with van der Waals surface area (Å²) in [6.07, 6.45) is 1.08. The lowest BCUT2D eigenvalue weighted by molar-refractivity contribution is -0.0230. The third-order valence-electron chi connectivity index (χ3n) is 3.99. The van der Waals surface area contributed by atoms with Gasteiger partial charge >= 0.3 is 0 Å². The van der Waals surface area contributed by atoms with E-state index in [4.69, 9.17) is 32.4 Å². The van der Waals surface area contributed by atoms with E-state index < -0.39 is 0 Å². The minimum atomic E-state index is -0.244. The molecule has 0 N–H and O–H groups in total. The average molecular weight is 369 g/mol. The standard InChI is InChI=1S/C17H18Cl2N2O3/c1-10(2)16-15(20-9-24-16)17(22)21-5-6-23-14(8-21)11-3-4-12(18)13(19)7-11/h3-4,7,9-10,14H,5-6,8H2,1-2H3. The van der Waals surface area contributed by atoms with Crippen molar-refractivity contribution in [3.63, 3.8) is 0 Å². The van der Waals surface area contributed by atoms with Gasteiger partial charge in [0.2, 0.25) is 0 Å². The number of benzene rings is 1. The molecule has 1 aromatic heterocycles. The Kier molecular flexibility index (Phi) is 5.13. The van der Waals surface area contributed by atoms with Gasteiger partial charge in [0.1, 0.15) is 11.9 Å². The van der Waals surface area contributed by atoms with Crippen LogP contribution in [0.1, 0.15) is 47.7 Å². The van der Waals surface area contributed by atoms with Crippen LogP contribution >= 0.6 is 23.2 Å². The number of hydrogen-bond donors (Lipinski definition) is 0. The quantitative estimate of drug-likeness (QED) is 0.809. The van der Waals surface area contributed by atoms with Gasteiger partial charge in [-0.05, 0) is 17.7 Å². The van der Waals surface area contributed by atoms with Gasteiger partial charge in [0, 0.05) is 12.5 Å². The van der Waals surface area contributed by atoms with Crippen molar-refractivity contribution in [3.05, 3.63) is 51.7 Å². The van der Waals surface area contributed by atoms with E-state index in [2.05, 4.69) is 4.98 Å². The van der Waals surface area contributed by atoms with Crippen LogP contribution in [0, 0.1) is 0 Å². The van der Waals surface area contributed by atoms with Crippen molar-refractivity contribution in [1.29, 1.82) is 0 Å². The molecule has 2 heterocycles. The van der Waals surface area contributed by atoms with E-state index in [0.717, 1.165) is 5.56 Å². The maximum absolute atomic E-state index is 12.8. The Labute approximate surface area is 150 Å². The topological polar surface area (TPSA) is 55.6 Å². The van der Waals surface area contributed by atoms with E-state index in [0.29, 0.717) is 41.2 Å². The van der Waals surface area contributed by atoms with Crippen LogP contribution in [0.4, 0.5) is 0 Å². The predicted molar refractivity (Wildman–Crippen MR) is 91.7 cm³/mol. The molecule has 1 saturated heterocycles. The molecule has 3 rings (SSSR count). The van der Waals surface area contributed by atoms with Gasteiger partial charge in [-0.15, -0.1) is 0 Å². The molecular weight excluding hydrogens is 351 g/mol. The maximum atomic E-state index is 12.8. The lowest BCUT2D eigenvalue weighted by Crippen LogP contribution is -2.42. The van der Waals surface area contributed by atoms with Crippen LogP contribution in [0.5, 0.6) is 0 Å². The van der Waals surface area contributed by atoms with Crippen molar-refractivity contribution in [2.24, 2.45) is 0 Å². The Morgan fingerprint density at radius 1 is 1.33 bits per heavy atom. The minimum Gasteiger partial charge on any atom is -0.447 e. The summed E-state index contributed by atoms with van der Waals surface area (Å²) in [6.45, 7) is 5.33. The van der Waals surface area contributed by atoms with Gasteiger partial charge in [0.15, 0.2) is 12.1 Å². The number of amides is 1. The fourth-order valence-electron chi connectivity index (χ4n) is 2.72. The molecule has 1 amide bonds. The molecule has 1 aliphatic heterocycles. The highest BCUT2D eigenvalue weighted by Crippen LogP contribution is 2.30. The zero-order valence-electron chi connectivity index (χ0n) is 13.5. The molecule has 128 valence electrons. The summed E-state index contributed by atoms with van der Waals surface area (Å²) in [5.41, 5.74) is 1.27. The fourth-order valence-corrected chi connectivity index (χ4v) is 3.03. The van der Waals surface area contributed by atoms with Gasteiger partial charge in [-0.25, -0.2) is 4.98 Å². The summed E-state index contributed by atoms with van der Waals surface area (Å²) in [7, 11) is 0. The van der Waals surface area contributed by atoms with Crippen molar-refractivity contribution in [3.8, 4) is 0 Å². The monoisotopic (exact) mass is 368 g/mol. The van der Waals surface area contributed by atoms with Crippen LogP contribution in [0.3, 0.4) is 0 Å². The van der Waals surface area contributed by atoms with Crippen LogP contribution in [-0.2, 0) is 4.74 Å². The molecule has 1 unspecified atom stereocenters. The summed E-state index contributed by atoms with van der Waals surface area (Å²) in [6, 6.07) is 5.37. The molecule has 0 saturated carbocycles. The van der Waals surface area contributed by atoms with E-state index in [9.17, 15) is 4.79 Å². The third-order valence-corrected chi connectivity index (χ3v) is 4.73. The first-order valence-corrected chi connectivity index (χ1v) is 8.52. The van der Waals surface area contributed by atoms with E-state index in [1.54, 1.807) is 17.0 Å². The molecular formula is C17H18Cl2N2O3.